The zero-order valence-electron chi connectivity index (χ0n) is 12.1. The van der Waals surface area contributed by atoms with Crippen molar-refractivity contribution in [2.75, 3.05) is 18.5 Å². The van der Waals surface area contributed by atoms with Gasteiger partial charge in [0.05, 0.1) is 5.60 Å². The summed E-state index contributed by atoms with van der Waals surface area (Å²) in [4.78, 5) is 11.9. The van der Waals surface area contributed by atoms with Crippen LogP contribution in [0.3, 0.4) is 0 Å². The van der Waals surface area contributed by atoms with Crippen LogP contribution >= 0.6 is 0 Å². The molecule has 2 rings (SSSR count). The van der Waals surface area contributed by atoms with Crippen LogP contribution in [0.15, 0.2) is 30.3 Å². The molecule has 1 aliphatic rings. The minimum Gasteiger partial charge on any atom is -0.364 e. The van der Waals surface area contributed by atoms with E-state index in [0.29, 0.717) is 12.5 Å². The summed E-state index contributed by atoms with van der Waals surface area (Å²) >= 11 is 0. The number of hydrogen-bond acceptors (Lipinski definition) is 3. The van der Waals surface area contributed by atoms with E-state index in [1.807, 2.05) is 30.3 Å². The fraction of sp³-hybridized carbons (Fsp3) is 0.562. The summed E-state index contributed by atoms with van der Waals surface area (Å²) in [6.07, 6.45) is 4.24. The Balaban J connectivity index is 1.85. The first-order valence-corrected chi connectivity index (χ1v) is 7.32. The molecule has 0 aromatic heterocycles. The molecule has 1 saturated carbocycles. The molecule has 1 aromatic carbocycles. The van der Waals surface area contributed by atoms with Crippen molar-refractivity contribution in [1.29, 1.82) is 0 Å². The van der Waals surface area contributed by atoms with Gasteiger partial charge in [-0.05, 0) is 30.9 Å². The Hall–Kier alpha value is -1.39. The van der Waals surface area contributed by atoms with Crippen LogP contribution < -0.4 is 11.1 Å². The molecule has 20 heavy (non-hydrogen) atoms. The van der Waals surface area contributed by atoms with Gasteiger partial charge >= 0.3 is 0 Å². The van der Waals surface area contributed by atoms with Crippen molar-refractivity contribution in [3.63, 3.8) is 0 Å². The lowest BCUT2D eigenvalue weighted by molar-refractivity contribution is -0.131. The van der Waals surface area contributed by atoms with Gasteiger partial charge in [-0.1, -0.05) is 38.0 Å². The monoisotopic (exact) mass is 276 g/mol. The van der Waals surface area contributed by atoms with Crippen molar-refractivity contribution in [2.24, 2.45) is 11.7 Å². The van der Waals surface area contributed by atoms with Gasteiger partial charge in [0.1, 0.15) is 6.61 Å². The van der Waals surface area contributed by atoms with E-state index in [0.717, 1.165) is 24.9 Å². The van der Waals surface area contributed by atoms with Gasteiger partial charge in [0, 0.05) is 12.2 Å². The van der Waals surface area contributed by atoms with E-state index in [2.05, 4.69) is 12.2 Å². The van der Waals surface area contributed by atoms with Crippen molar-refractivity contribution >= 4 is 11.6 Å². The van der Waals surface area contributed by atoms with Crippen LogP contribution in [0.25, 0.3) is 0 Å². The van der Waals surface area contributed by atoms with E-state index in [9.17, 15) is 4.79 Å². The Morgan fingerprint density at radius 1 is 1.45 bits per heavy atom. The Morgan fingerprint density at radius 3 is 2.85 bits per heavy atom. The topological polar surface area (TPSA) is 64.3 Å². The van der Waals surface area contributed by atoms with E-state index in [1.54, 1.807) is 0 Å². The highest BCUT2D eigenvalue weighted by Crippen LogP contribution is 2.34. The number of amides is 1. The predicted octanol–water partition coefficient (Wildman–Crippen LogP) is 2.55. The second-order valence-corrected chi connectivity index (χ2v) is 5.79. The van der Waals surface area contributed by atoms with Gasteiger partial charge in [-0.3, -0.25) is 4.79 Å². The highest BCUT2D eigenvalue weighted by molar-refractivity contribution is 5.91. The molecule has 110 valence electrons. The Kier molecular flexibility index (Phi) is 5.15. The van der Waals surface area contributed by atoms with E-state index in [1.165, 1.54) is 6.42 Å². The maximum atomic E-state index is 11.9. The van der Waals surface area contributed by atoms with E-state index >= 15 is 0 Å². The summed E-state index contributed by atoms with van der Waals surface area (Å²) < 4.78 is 5.89. The summed E-state index contributed by atoms with van der Waals surface area (Å²) in [5.41, 5.74) is 6.36. The summed E-state index contributed by atoms with van der Waals surface area (Å²) in [5.74, 6) is 0.492. The molecule has 1 aliphatic carbocycles. The number of carbonyl (C=O) groups excluding carboxylic acids is 1. The van der Waals surface area contributed by atoms with Gasteiger partial charge in [-0.25, -0.2) is 0 Å². The molecule has 1 aromatic rings. The van der Waals surface area contributed by atoms with Crippen LogP contribution in [0.4, 0.5) is 5.69 Å². The van der Waals surface area contributed by atoms with Crippen molar-refractivity contribution in [2.45, 2.75) is 38.2 Å². The van der Waals surface area contributed by atoms with E-state index < -0.39 is 0 Å². The van der Waals surface area contributed by atoms with Gasteiger partial charge < -0.3 is 15.8 Å². The third-order valence-electron chi connectivity index (χ3n) is 3.99. The molecule has 4 heteroatoms. The Bertz CT molecular complexity index is 435. The zero-order chi connectivity index (χ0) is 14.4. The summed E-state index contributed by atoms with van der Waals surface area (Å²) in [6.45, 7) is 2.77. The number of hydrogen-bond donors (Lipinski definition) is 2. The lowest BCUT2D eigenvalue weighted by atomic mass is 9.79. The fourth-order valence-electron chi connectivity index (χ4n) is 2.92. The number of nitrogens with two attached hydrogens (primary N) is 1. The summed E-state index contributed by atoms with van der Waals surface area (Å²) in [7, 11) is 0. The average Bonchev–Trinajstić information content (AvgIpc) is 2.46. The van der Waals surface area contributed by atoms with E-state index in [-0.39, 0.29) is 18.1 Å². The molecule has 0 aliphatic heterocycles. The first-order chi connectivity index (χ1) is 9.63. The van der Waals surface area contributed by atoms with Crippen LogP contribution in [0.5, 0.6) is 0 Å². The van der Waals surface area contributed by atoms with E-state index in [4.69, 9.17) is 10.5 Å². The first kappa shape index (κ1) is 15.0. The lowest BCUT2D eigenvalue weighted by Gasteiger charge is -2.38. The van der Waals surface area contributed by atoms with Crippen molar-refractivity contribution in [3.05, 3.63) is 30.3 Å². The second kappa shape index (κ2) is 6.86. The normalized spacial score (nSPS) is 26.2. The third-order valence-corrected chi connectivity index (χ3v) is 3.99. The van der Waals surface area contributed by atoms with Gasteiger partial charge in [0.15, 0.2) is 0 Å². The summed E-state index contributed by atoms with van der Waals surface area (Å²) in [5, 5.41) is 2.83. The molecule has 0 bridgehead atoms. The summed E-state index contributed by atoms with van der Waals surface area (Å²) in [6, 6.07) is 9.42. The SMILES string of the molecule is CC1CCCC(CN)(OCC(=O)Nc2ccccc2)C1. The first-order valence-electron chi connectivity index (χ1n) is 7.32. The highest BCUT2D eigenvalue weighted by Gasteiger charge is 2.35. The van der Waals surface area contributed by atoms with Crippen LogP contribution in [0.1, 0.15) is 32.6 Å². The number of rotatable bonds is 5. The molecule has 0 radical (unpaired) electrons. The molecule has 1 amide bonds. The number of nitrogens with one attached hydrogen (secondary N) is 1. The number of carbonyl (C=O) groups is 1. The lowest BCUT2D eigenvalue weighted by Crippen LogP contribution is -2.46. The van der Waals surface area contributed by atoms with Gasteiger partial charge in [-0.2, -0.15) is 0 Å². The number of ether oxygens (including phenoxy) is 1. The average molecular weight is 276 g/mol. The van der Waals surface area contributed by atoms with Crippen LogP contribution in [-0.2, 0) is 9.53 Å². The van der Waals surface area contributed by atoms with Crippen molar-refractivity contribution in [3.8, 4) is 0 Å². The van der Waals surface area contributed by atoms with Crippen LogP contribution in [0, 0.1) is 5.92 Å². The number of benzene rings is 1. The van der Waals surface area contributed by atoms with Crippen molar-refractivity contribution in [1.82, 2.24) is 0 Å². The van der Waals surface area contributed by atoms with Gasteiger partial charge in [0.25, 0.3) is 0 Å². The smallest absolute Gasteiger partial charge is 0.250 e. The molecular formula is C16H24N2O2. The minimum absolute atomic E-state index is 0.0683. The fourth-order valence-corrected chi connectivity index (χ4v) is 2.92. The maximum Gasteiger partial charge on any atom is 0.250 e. The molecule has 2 atom stereocenters. The Labute approximate surface area is 120 Å². The van der Waals surface area contributed by atoms with Crippen molar-refractivity contribution < 1.29 is 9.53 Å². The molecule has 2 unspecified atom stereocenters. The zero-order valence-corrected chi connectivity index (χ0v) is 12.1. The molecule has 4 nitrogen and oxygen atoms in total. The van der Waals surface area contributed by atoms with Gasteiger partial charge in [-0.15, -0.1) is 0 Å². The van der Waals surface area contributed by atoms with Crippen LogP contribution in [0.2, 0.25) is 0 Å². The molecule has 3 N–H and O–H groups in total. The van der Waals surface area contributed by atoms with Crippen LogP contribution in [-0.4, -0.2) is 24.7 Å². The standard InChI is InChI=1S/C16H24N2O2/c1-13-6-5-9-16(10-13,12-17)20-11-15(19)18-14-7-3-2-4-8-14/h2-4,7-8,13H,5-6,9-12,17H2,1H3,(H,18,19). The molecule has 0 saturated heterocycles. The third kappa shape index (κ3) is 4.05. The molecule has 0 heterocycles. The predicted molar refractivity (Wildman–Crippen MR) is 80.4 cm³/mol. The Morgan fingerprint density at radius 2 is 2.20 bits per heavy atom. The number of anilines is 1. The molecule has 0 spiro atoms. The van der Waals surface area contributed by atoms with Gasteiger partial charge in [0.2, 0.25) is 5.91 Å². The quantitative estimate of drug-likeness (QED) is 0.868. The molecular weight excluding hydrogens is 252 g/mol. The maximum absolute atomic E-state index is 11.9. The second-order valence-electron chi connectivity index (χ2n) is 5.79. The number of para-hydroxylation sites is 1. The largest absolute Gasteiger partial charge is 0.364 e. The minimum atomic E-state index is -0.314. The highest BCUT2D eigenvalue weighted by atomic mass is 16.5. The molecule has 1 fully saturated rings.